The van der Waals surface area contributed by atoms with E-state index in [1.807, 2.05) is 13.0 Å². The van der Waals surface area contributed by atoms with Gasteiger partial charge in [-0.1, -0.05) is 18.6 Å². The predicted molar refractivity (Wildman–Crippen MR) is 76.4 cm³/mol. The van der Waals surface area contributed by atoms with Crippen molar-refractivity contribution >= 4 is 10.0 Å². The summed E-state index contributed by atoms with van der Waals surface area (Å²) in [6.45, 7) is 2.95. The Kier molecular flexibility index (Phi) is 4.60. The second-order valence-corrected chi connectivity index (χ2v) is 7.05. The molecule has 0 unspecified atom stereocenters. The number of benzene rings is 1. The molecule has 0 amide bonds. The zero-order chi connectivity index (χ0) is 13.9. The zero-order valence-corrected chi connectivity index (χ0v) is 12.2. The summed E-state index contributed by atoms with van der Waals surface area (Å²) in [6.07, 6.45) is 3.76. The van der Waals surface area contributed by atoms with Gasteiger partial charge in [0.05, 0.1) is 4.90 Å². The van der Waals surface area contributed by atoms with Crippen molar-refractivity contribution in [1.82, 2.24) is 4.31 Å². The van der Waals surface area contributed by atoms with E-state index >= 15 is 0 Å². The van der Waals surface area contributed by atoms with Gasteiger partial charge in [-0.15, -0.1) is 0 Å². The molecule has 1 saturated carbocycles. The van der Waals surface area contributed by atoms with Crippen molar-refractivity contribution < 1.29 is 8.42 Å². The molecule has 106 valence electrons. The highest BCUT2D eigenvalue weighted by Gasteiger charge is 2.34. The van der Waals surface area contributed by atoms with Gasteiger partial charge in [0.1, 0.15) is 0 Å². The lowest BCUT2D eigenvalue weighted by atomic mass is 9.93. The van der Waals surface area contributed by atoms with Crippen LogP contribution in [0.5, 0.6) is 0 Å². The van der Waals surface area contributed by atoms with Gasteiger partial charge in [-0.2, -0.15) is 4.31 Å². The van der Waals surface area contributed by atoms with Crippen LogP contribution in [0, 0.1) is 6.92 Å². The molecule has 0 radical (unpaired) electrons. The van der Waals surface area contributed by atoms with Crippen molar-refractivity contribution in [3.8, 4) is 0 Å². The van der Waals surface area contributed by atoms with Crippen LogP contribution in [0.1, 0.15) is 31.2 Å². The first kappa shape index (κ1) is 14.5. The van der Waals surface area contributed by atoms with Crippen LogP contribution in [0.3, 0.4) is 0 Å². The van der Waals surface area contributed by atoms with Gasteiger partial charge in [0.15, 0.2) is 0 Å². The number of nitrogens with zero attached hydrogens (tertiary/aromatic N) is 1. The molecule has 0 aliphatic heterocycles. The lowest BCUT2D eigenvalue weighted by molar-refractivity contribution is 0.218. The van der Waals surface area contributed by atoms with Gasteiger partial charge in [-0.25, -0.2) is 8.42 Å². The maximum Gasteiger partial charge on any atom is 0.243 e. The van der Waals surface area contributed by atoms with Crippen LogP contribution in [0.15, 0.2) is 29.2 Å². The molecule has 2 rings (SSSR count). The van der Waals surface area contributed by atoms with Crippen LogP contribution in [-0.4, -0.2) is 31.9 Å². The molecular formula is C14H22N2O2S. The Bertz CT molecular complexity index is 524. The monoisotopic (exact) mass is 282 g/mol. The second-order valence-electron chi connectivity index (χ2n) is 5.16. The maximum atomic E-state index is 12.7. The largest absolute Gasteiger partial charge is 0.330 e. The lowest BCUT2D eigenvalue weighted by Crippen LogP contribution is -2.45. The minimum Gasteiger partial charge on any atom is -0.330 e. The molecule has 0 aromatic heterocycles. The molecule has 0 heterocycles. The van der Waals surface area contributed by atoms with E-state index in [2.05, 4.69) is 0 Å². The SMILES string of the molecule is Cc1cccc(S(=O)(=O)N(CCCN)C2CCC2)c1. The molecule has 1 aromatic carbocycles. The Hall–Kier alpha value is -0.910. The van der Waals surface area contributed by atoms with E-state index in [0.29, 0.717) is 24.4 Å². The maximum absolute atomic E-state index is 12.7. The van der Waals surface area contributed by atoms with Crippen molar-refractivity contribution in [2.24, 2.45) is 5.73 Å². The standard InChI is InChI=1S/C14H22N2O2S/c1-12-5-2-8-14(11-12)19(17,18)16(10-4-9-15)13-6-3-7-13/h2,5,8,11,13H,3-4,6-7,9-10,15H2,1H3. The Morgan fingerprint density at radius 1 is 1.37 bits per heavy atom. The number of nitrogens with two attached hydrogens (primary N) is 1. The van der Waals surface area contributed by atoms with Crippen LogP contribution < -0.4 is 5.73 Å². The third-order valence-corrected chi connectivity index (χ3v) is 5.61. The second kappa shape index (κ2) is 6.03. The van der Waals surface area contributed by atoms with E-state index in [-0.39, 0.29) is 6.04 Å². The highest BCUT2D eigenvalue weighted by molar-refractivity contribution is 7.89. The molecule has 2 N–H and O–H groups in total. The minimum atomic E-state index is -3.38. The average molecular weight is 282 g/mol. The van der Waals surface area contributed by atoms with E-state index in [0.717, 1.165) is 24.8 Å². The Balaban J connectivity index is 2.27. The summed E-state index contributed by atoms with van der Waals surface area (Å²) in [5, 5.41) is 0. The quantitative estimate of drug-likeness (QED) is 0.866. The van der Waals surface area contributed by atoms with Gasteiger partial charge in [0.25, 0.3) is 0 Å². The molecular weight excluding hydrogens is 260 g/mol. The van der Waals surface area contributed by atoms with Gasteiger partial charge >= 0.3 is 0 Å². The highest BCUT2D eigenvalue weighted by Crippen LogP contribution is 2.30. The van der Waals surface area contributed by atoms with Gasteiger partial charge in [-0.3, -0.25) is 0 Å². The predicted octanol–water partition coefficient (Wildman–Crippen LogP) is 1.89. The topological polar surface area (TPSA) is 63.4 Å². The summed E-state index contributed by atoms with van der Waals surface area (Å²) in [7, 11) is -3.38. The lowest BCUT2D eigenvalue weighted by Gasteiger charge is -2.36. The van der Waals surface area contributed by atoms with Crippen molar-refractivity contribution in [3.05, 3.63) is 29.8 Å². The molecule has 4 nitrogen and oxygen atoms in total. The Labute approximate surface area is 115 Å². The van der Waals surface area contributed by atoms with Crippen molar-refractivity contribution in [1.29, 1.82) is 0 Å². The number of rotatable bonds is 6. The van der Waals surface area contributed by atoms with E-state index in [1.165, 1.54) is 0 Å². The molecule has 19 heavy (non-hydrogen) atoms. The molecule has 1 aliphatic rings. The normalized spacial score (nSPS) is 16.6. The molecule has 5 heteroatoms. The van der Waals surface area contributed by atoms with Gasteiger partial charge in [0.2, 0.25) is 10.0 Å². The Morgan fingerprint density at radius 3 is 2.63 bits per heavy atom. The molecule has 1 aromatic rings. The first-order valence-electron chi connectivity index (χ1n) is 6.84. The number of aryl methyl sites for hydroxylation is 1. The third-order valence-electron chi connectivity index (χ3n) is 3.66. The smallest absolute Gasteiger partial charge is 0.243 e. The van der Waals surface area contributed by atoms with E-state index < -0.39 is 10.0 Å². The van der Waals surface area contributed by atoms with Crippen molar-refractivity contribution in [3.63, 3.8) is 0 Å². The number of sulfonamides is 1. The summed E-state index contributed by atoms with van der Waals surface area (Å²) in [5.74, 6) is 0. The number of hydrogen-bond acceptors (Lipinski definition) is 3. The van der Waals surface area contributed by atoms with Crippen LogP contribution in [0.25, 0.3) is 0 Å². The van der Waals surface area contributed by atoms with Crippen molar-refractivity contribution in [2.75, 3.05) is 13.1 Å². The molecule has 0 saturated heterocycles. The third kappa shape index (κ3) is 3.16. The molecule has 0 spiro atoms. The Morgan fingerprint density at radius 2 is 2.11 bits per heavy atom. The number of hydrogen-bond donors (Lipinski definition) is 1. The average Bonchev–Trinajstić information content (AvgIpc) is 2.31. The van der Waals surface area contributed by atoms with E-state index in [4.69, 9.17) is 5.73 Å². The van der Waals surface area contributed by atoms with Crippen molar-refractivity contribution in [2.45, 2.75) is 43.5 Å². The first-order valence-corrected chi connectivity index (χ1v) is 8.28. The fourth-order valence-electron chi connectivity index (χ4n) is 2.33. The van der Waals surface area contributed by atoms with E-state index in [9.17, 15) is 8.42 Å². The fourth-order valence-corrected chi connectivity index (χ4v) is 4.16. The molecule has 1 aliphatic carbocycles. The van der Waals surface area contributed by atoms with Gasteiger partial charge in [-0.05, 0) is 50.4 Å². The molecule has 1 fully saturated rings. The summed E-state index contributed by atoms with van der Waals surface area (Å²) in [5.41, 5.74) is 6.49. The fraction of sp³-hybridized carbons (Fsp3) is 0.571. The van der Waals surface area contributed by atoms with E-state index in [1.54, 1.807) is 22.5 Å². The summed E-state index contributed by atoms with van der Waals surface area (Å²) >= 11 is 0. The van der Waals surface area contributed by atoms with Crippen LogP contribution in [0.4, 0.5) is 0 Å². The zero-order valence-electron chi connectivity index (χ0n) is 11.4. The molecule has 0 bridgehead atoms. The molecule has 0 atom stereocenters. The van der Waals surface area contributed by atoms with Crippen LogP contribution >= 0.6 is 0 Å². The highest BCUT2D eigenvalue weighted by atomic mass is 32.2. The summed E-state index contributed by atoms with van der Waals surface area (Å²) in [4.78, 5) is 0.399. The van der Waals surface area contributed by atoms with Crippen LogP contribution in [0.2, 0.25) is 0 Å². The van der Waals surface area contributed by atoms with Gasteiger partial charge < -0.3 is 5.73 Å². The summed E-state index contributed by atoms with van der Waals surface area (Å²) < 4.78 is 27.1. The first-order chi connectivity index (χ1) is 9.05. The van der Waals surface area contributed by atoms with Crippen LogP contribution in [-0.2, 0) is 10.0 Å². The minimum absolute atomic E-state index is 0.164. The summed E-state index contributed by atoms with van der Waals surface area (Å²) in [6, 6.07) is 7.29. The van der Waals surface area contributed by atoms with Gasteiger partial charge in [0, 0.05) is 12.6 Å².